The zero-order chi connectivity index (χ0) is 15.0. The number of rotatable bonds is 2. The number of aromatic nitrogens is 1. The molecule has 1 aromatic heterocycles. The van der Waals surface area contributed by atoms with Gasteiger partial charge in [-0.2, -0.15) is 0 Å². The maximum absolute atomic E-state index is 10.1. The number of aryl methyl sites for hydroxylation is 2. The molecule has 2 aromatic carbocycles. The highest BCUT2D eigenvalue weighted by atomic mass is 16.3. The number of fused-ring (bicyclic) bond motifs is 1. The van der Waals surface area contributed by atoms with Crippen molar-refractivity contribution in [3.05, 3.63) is 53.1 Å². The van der Waals surface area contributed by atoms with Crippen LogP contribution in [0.5, 0.6) is 5.88 Å². The molecule has 0 bridgehead atoms. The van der Waals surface area contributed by atoms with Gasteiger partial charge in [0.2, 0.25) is 0 Å². The zero-order valence-electron chi connectivity index (χ0n) is 12.0. The van der Waals surface area contributed by atoms with E-state index >= 15 is 0 Å². The van der Waals surface area contributed by atoms with Gasteiger partial charge in [-0.25, -0.2) is 0 Å². The summed E-state index contributed by atoms with van der Waals surface area (Å²) in [4.78, 5) is 7.38. The Bertz CT molecular complexity index is 847. The van der Waals surface area contributed by atoms with Crippen molar-refractivity contribution in [1.82, 2.24) is 4.98 Å². The van der Waals surface area contributed by atoms with Gasteiger partial charge >= 0.3 is 0 Å². The van der Waals surface area contributed by atoms with E-state index in [1.54, 1.807) is 6.21 Å². The van der Waals surface area contributed by atoms with E-state index in [1.807, 2.05) is 50.2 Å². The SMILES string of the molecule is Cc1ccc(N=Cc2c(O)[nH]c3cccc(C)c23)cc1N. The molecule has 4 nitrogen and oxygen atoms in total. The lowest BCUT2D eigenvalue weighted by atomic mass is 10.1. The zero-order valence-corrected chi connectivity index (χ0v) is 12.0. The van der Waals surface area contributed by atoms with Gasteiger partial charge in [0.15, 0.2) is 5.88 Å². The minimum atomic E-state index is 0.128. The molecule has 0 amide bonds. The number of nitrogens with one attached hydrogen (secondary N) is 1. The predicted octanol–water partition coefficient (Wildman–Crippen LogP) is 3.82. The number of aromatic hydroxyl groups is 1. The van der Waals surface area contributed by atoms with Crippen LogP contribution in [-0.2, 0) is 0 Å². The molecule has 4 N–H and O–H groups in total. The van der Waals surface area contributed by atoms with E-state index in [2.05, 4.69) is 9.98 Å². The molecule has 0 aliphatic carbocycles. The summed E-state index contributed by atoms with van der Waals surface area (Å²) in [6.45, 7) is 3.97. The Morgan fingerprint density at radius 1 is 1.14 bits per heavy atom. The number of nitrogen functional groups attached to an aromatic ring is 1. The topological polar surface area (TPSA) is 74.4 Å². The van der Waals surface area contributed by atoms with E-state index in [1.165, 1.54) is 0 Å². The van der Waals surface area contributed by atoms with E-state index in [0.717, 1.165) is 27.7 Å². The van der Waals surface area contributed by atoms with Crippen molar-refractivity contribution in [2.75, 3.05) is 5.73 Å². The molecule has 0 saturated carbocycles. The van der Waals surface area contributed by atoms with Gasteiger partial charge in [-0.05, 0) is 43.2 Å². The molecule has 0 aliphatic rings. The van der Waals surface area contributed by atoms with Gasteiger partial charge in [0, 0.05) is 22.8 Å². The second kappa shape index (κ2) is 4.98. The number of anilines is 1. The highest BCUT2D eigenvalue weighted by molar-refractivity contribution is 6.04. The lowest BCUT2D eigenvalue weighted by Gasteiger charge is -2.01. The maximum atomic E-state index is 10.1. The van der Waals surface area contributed by atoms with Crippen molar-refractivity contribution in [2.24, 2.45) is 4.99 Å². The Kier molecular flexibility index (Phi) is 3.14. The van der Waals surface area contributed by atoms with Crippen LogP contribution in [0.25, 0.3) is 10.9 Å². The van der Waals surface area contributed by atoms with Crippen molar-refractivity contribution < 1.29 is 5.11 Å². The fraction of sp³-hybridized carbons (Fsp3) is 0.118. The fourth-order valence-electron chi connectivity index (χ4n) is 2.42. The summed E-state index contributed by atoms with van der Waals surface area (Å²) in [7, 11) is 0. The van der Waals surface area contributed by atoms with Gasteiger partial charge in [0.05, 0.1) is 11.3 Å². The van der Waals surface area contributed by atoms with Crippen molar-refractivity contribution >= 4 is 28.5 Å². The largest absolute Gasteiger partial charge is 0.494 e. The number of aromatic amines is 1. The predicted molar refractivity (Wildman–Crippen MR) is 87.5 cm³/mol. The highest BCUT2D eigenvalue weighted by Crippen LogP contribution is 2.29. The van der Waals surface area contributed by atoms with Gasteiger partial charge in [-0.1, -0.05) is 18.2 Å². The van der Waals surface area contributed by atoms with E-state index in [-0.39, 0.29) is 5.88 Å². The summed E-state index contributed by atoms with van der Waals surface area (Å²) < 4.78 is 0. The Balaban J connectivity index is 2.07. The van der Waals surface area contributed by atoms with Gasteiger partial charge in [-0.3, -0.25) is 4.99 Å². The van der Waals surface area contributed by atoms with Crippen LogP contribution in [-0.4, -0.2) is 16.3 Å². The summed E-state index contributed by atoms with van der Waals surface area (Å²) in [5, 5.41) is 11.0. The van der Waals surface area contributed by atoms with Crippen LogP contribution in [0.15, 0.2) is 41.4 Å². The summed E-state index contributed by atoms with van der Waals surface area (Å²) >= 11 is 0. The molecule has 0 atom stereocenters. The first-order valence-corrected chi connectivity index (χ1v) is 6.76. The smallest absolute Gasteiger partial charge is 0.198 e. The molecule has 0 radical (unpaired) electrons. The van der Waals surface area contributed by atoms with Crippen molar-refractivity contribution in [3.8, 4) is 5.88 Å². The van der Waals surface area contributed by atoms with Crippen LogP contribution in [0.2, 0.25) is 0 Å². The first-order valence-electron chi connectivity index (χ1n) is 6.76. The third-order valence-corrected chi connectivity index (χ3v) is 3.66. The minimum Gasteiger partial charge on any atom is -0.494 e. The molecular weight excluding hydrogens is 262 g/mol. The number of aliphatic imine (C=N–C) groups is 1. The van der Waals surface area contributed by atoms with Gasteiger partial charge in [0.1, 0.15) is 0 Å². The van der Waals surface area contributed by atoms with Crippen molar-refractivity contribution in [3.63, 3.8) is 0 Å². The second-order valence-corrected chi connectivity index (χ2v) is 5.18. The quantitative estimate of drug-likeness (QED) is 0.492. The number of benzene rings is 2. The third-order valence-electron chi connectivity index (χ3n) is 3.66. The number of H-pyrrole nitrogens is 1. The molecule has 1 heterocycles. The van der Waals surface area contributed by atoms with E-state index in [9.17, 15) is 5.11 Å². The summed E-state index contributed by atoms with van der Waals surface area (Å²) in [5.41, 5.74) is 11.1. The number of hydrogen-bond acceptors (Lipinski definition) is 3. The van der Waals surface area contributed by atoms with Crippen LogP contribution in [0.4, 0.5) is 11.4 Å². The molecule has 0 fully saturated rings. The first-order chi connectivity index (χ1) is 10.1. The van der Waals surface area contributed by atoms with Crippen LogP contribution < -0.4 is 5.73 Å². The van der Waals surface area contributed by atoms with Crippen molar-refractivity contribution in [1.29, 1.82) is 0 Å². The fourth-order valence-corrected chi connectivity index (χ4v) is 2.42. The molecule has 21 heavy (non-hydrogen) atoms. The standard InChI is InChI=1S/C17H17N3O/c1-10-6-7-12(8-14(10)18)19-9-13-16-11(2)4-3-5-15(16)20-17(13)21/h3-9,20-21H,18H2,1-2H3. The van der Waals surface area contributed by atoms with E-state index < -0.39 is 0 Å². The lowest BCUT2D eigenvalue weighted by molar-refractivity contribution is 0.457. The van der Waals surface area contributed by atoms with E-state index in [0.29, 0.717) is 11.3 Å². The third kappa shape index (κ3) is 2.36. The van der Waals surface area contributed by atoms with Crippen molar-refractivity contribution in [2.45, 2.75) is 13.8 Å². The first kappa shape index (κ1) is 13.2. The molecule has 0 spiro atoms. The summed E-state index contributed by atoms with van der Waals surface area (Å²) in [5.74, 6) is 0.128. The molecule has 3 aromatic rings. The Morgan fingerprint density at radius 2 is 1.95 bits per heavy atom. The van der Waals surface area contributed by atoms with Gasteiger partial charge in [0.25, 0.3) is 0 Å². The maximum Gasteiger partial charge on any atom is 0.198 e. The molecule has 4 heteroatoms. The Morgan fingerprint density at radius 3 is 2.71 bits per heavy atom. The monoisotopic (exact) mass is 279 g/mol. The molecule has 0 unspecified atom stereocenters. The van der Waals surface area contributed by atoms with Gasteiger partial charge in [-0.15, -0.1) is 0 Å². The van der Waals surface area contributed by atoms with Crippen LogP contribution in [0.3, 0.4) is 0 Å². The normalized spacial score (nSPS) is 11.5. The molecule has 3 rings (SSSR count). The lowest BCUT2D eigenvalue weighted by Crippen LogP contribution is -1.88. The Hall–Kier alpha value is -2.75. The number of nitrogens with zero attached hydrogens (tertiary/aromatic N) is 1. The highest BCUT2D eigenvalue weighted by Gasteiger charge is 2.10. The average Bonchev–Trinajstić information content (AvgIpc) is 2.77. The van der Waals surface area contributed by atoms with Crippen LogP contribution in [0.1, 0.15) is 16.7 Å². The molecular formula is C17H17N3O. The van der Waals surface area contributed by atoms with E-state index in [4.69, 9.17) is 5.73 Å². The average molecular weight is 279 g/mol. The molecule has 0 saturated heterocycles. The summed E-state index contributed by atoms with van der Waals surface area (Å²) in [6, 6.07) is 11.6. The summed E-state index contributed by atoms with van der Waals surface area (Å²) in [6.07, 6.45) is 1.67. The minimum absolute atomic E-state index is 0.128. The van der Waals surface area contributed by atoms with Crippen LogP contribution in [0, 0.1) is 13.8 Å². The number of hydrogen-bond donors (Lipinski definition) is 3. The van der Waals surface area contributed by atoms with Crippen LogP contribution >= 0.6 is 0 Å². The number of nitrogens with two attached hydrogens (primary N) is 1. The molecule has 0 aliphatic heterocycles. The second-order valence-electron chi connectivity index (χ2n) is 5.18. The molecule has 106 valence electrons. The Labute approximate surface area is 123 Å². The van der Waals surface area contributed by atoms with Gasteiger partial charge < -0.3 is 15.8 Å².